The van der Waals surface area contributed by atoms with Crippen molar-refractivity contribution >= 4 is 23.7 Å². The number of anilines is 3. The van der Waals surface area contributed by atoms with E-state index in [1.807, 2.05) is 0 Å². The zero-order chi connectivity index (χ0) is 16.4. The summed E-state index contributed by atoms with van der Waals surface area (Å²) in [7, 11) is 0. The first-order valence-electron chi connectivity index (χ1n) is 8.47. The van der Waals surface area contributed by atoms with E-state index in [1.165, 1.54) is 11.3 Å². The molecule has 0 unspecified atom stereocenters. The Morgan fingerprint density at radius 2 is 1.75 bits per heavy atom. The zero-order valence-electron chi connectivity index (χ0n) is 13.6. The van der Waals surface area contributed by atoms with Gasteiger partial charge >= 0.3 is 0 Å². The third-order valence-electron chi connectivity index (χ3n) is 4.81. The number of aromatic nitrogens is 2. The van der Waals surface area contributed by atoms with Gasteiger partial charge in [-0.15, -0.1) is 0 Å². The van der Waals surface area contributed by atoms with Gasteiger partial charge in [0.15, 0.2) is 0 Å². The van der Waals surface area contributed by atoms with Gasteiger partial charge in [0.25, 0.3) is 0 Å². The van der Waals surface area contributed by atoms with Crippen LogP contribution in [0.1, 0.15) is 12.0 Å². The molecule has 0 bridgehead atoms. The predicted octanol–water partition coefficient (Wildman–Crippen LogP) is 1.84. The van der Waals surface area contributed by atoms with Crippen molar-refractivity contribution in [2.45, 2.75) is 12.8 Å². The molecule has 24 heavy (non-hydrogen) atoms. The second-order valence-electron chi connectivity index (χ2n) is 6.25. The Morgan fingerprint density at radius 3 is 2.58 bits per heavy atom. The molecule has 124 valence electrons. The monoisotopic (exact) mass is 323 g/mol. The van der Waals surface area contributed by atoms with Gasteiger partial charge in [-0.2, -0.15) is 0 Å². The van der Waals surface area contributed by atoms with Crippen molar-refractivity contribution in [2.24, 2.45) is 0 Å². The molecule has 0 saturated carbocycles. The first-order valence-corrected chi connectivity index (χ1v) is 8.47. The summed E-state index contributed by atoms with van der Waals surface area (Å²) < 4.78 is 0. The molecule has 0 atom stereocenters. The van der Waals surface area contributed by atoms with Crippen molar-refractivity contribution < 1.29 is 4.79 Å². The quantitative estimate of drug-likeness (QED) is 0.807. The summed E-state index contributed by atoms with van der Waals surface area (Å²) in [6.07, 6.45) is 4.83. The SMILES string of the molecule is O=CN1CCN(c2cc(N3CCCc4ccccc43)ncn2)CC1. The normalized spacial score (nSPS) is 17.6. The van der Waals surface area contributed by atoms with Crippen LogP contribution in [-0.4, -0.2) is 54.0 Å². The molecule has 3 heterocycles. The molecule has 0 spiro atoms. The molecule has 1 aromatic heterocycles. The standard InChI is InChI=1S/C18H21N5O/c24-14-21-8-10-22(11-9-21)17-12-18(20-13-19-17)23-7-3-5-15-4-1-2-6-16(15)23/h1-2,4,6,12-14H,3,5,7-11H2. The highest BCUT2D eigenvalue weighted by Gasteiger charge is 2.21. The predicted molar refractivity (Wildman–Crippen MR) is 93.7 cm³/mol. The Morgan fingerprint density at radius 1 is 0.958 bits per heavy atom. The highest BCUT2D eigenvalue weighted by Crippen LogP contribution is 2.33. The third kappa shape index (κ3) is 2.79. The van der Waals surface area contributed by atoms with Gasteiger partial charge in [0.1, 0.15) is 18.0 Å². The Balaban J connectivity index is 1.59. The van der Waals surface area contributed by atoms with Crippen molar-refractivity contribution in [3.8, 4) is 0 Å². The zero-order valence-corrected chi connectivity index (χ0v) is 13.6. The second kappa shape index (κ2) is 6.47. The summed E-state index contributed by atoms with van der Waals surface area (Å²) in [6.45, 7) is 4.09. The number of fused-ring (bicyclic) bond motifs is 1. The number of hydrogen-bond acceptors (Lipinski definition) is 5. The summed E-state index contributed by atoms with van der Waals surface area (Å²) >= 11 is 0. The smallest absolute Gasteiger partial charge is 0.209 e. The largest absolute Gasteiger partial charge is 0.353 e. The average molecular weight is 323 g/mol. The van der Waals surface area contributed by atoms with Crippen LogP contribution in [0.3, 0.4) is 0 Å². The number of carbonyl (C=O) groups excluding carboxylic acids is 1. The van der Waals surface area contributed by atoms with Gasteiger partial charge in [-0.3, -0.25) is 4.79 Å². The maximum Gasteiger partial charge on any atom is 0.209 e. The van der Waals surface area contributed by atoms with Crippen LogP contribution in [0.25, 0.3) is 0 Å². The number of para-hydroxylation sites is 1. The summed E-state index contributed by atoms with van der Waals surface area (Å²) in [5.74, 6) is 1.89. The molecular weight excluding hydrogens is 302 g/mol. The van der Waals surface area contributed by atoms with Crippen molar-refractivity contribution in [3.05, 3.63) is 42.2 Å². The van der Waals surface area contributed by atoms with Crippen LogP contribution in [0, 0.1) is 0 Å². The molecule has 2 aliphatic rings. The summed E-state index contributed by atoms with van der Waals surface area (Å²) in [5.41, 5.74) is 2.63. The number of nitrogens with zero attached hydrogens (tertiary/aromatic N) is 5. The molecule has 4 rings (SSSR count). The van der Waals surface area contributed by atoms with Crippen LogP contribution in [0.15, 0.2) is 36.7 Å². The molecule has 6 heteroatoms. The maximum absolute atomic E-state index is 10.9. The Labute approximate surface area is 141 Å². The lowest BCUT2D eigenvalue weighted by molar-refractivity contribution is -0.118. The number of aryl methyl sites for hydroxylation is 1. The van der Waals surface area contributed by atoms with E-state index < -0.39 is 0 Å². The van der Waals surface area contributed by atoms with Crippen LogP contribution in [-0.2, 0) is 11.2 Å². The lowest BCUT2D eigenvalue weighted by Gasteiger charge is -2.34. The molecular formula is C18H21N5O. The van der Waals surface area contributed by atoms with Crippen LogP contribution in [0.4, 0.5) is 17.3 Å². The van der Waals surface area contributed by atoms with Crippen LogP contribution < -0.4 is 9.80 Å². The minimum Gasteiger partial charge on any atom is -0.353 e. The minimum absolute atomic E-state index is 0.745. The molecule has 0 radical (unpaired) electrons. The highest BCUT2D eigenvalue weighted by molar-refractivity contribution is 5.67. The van der Waals surface area contributed by atoms with E-state index in [0.29, 0.717) is 0 Å². The van der Waals surface area contributed by atoms with Crippen molar-refractivity contribution in [3.63, 3.8) is 0 Å². The van der Waals surface area contributed by atoms with E-state index in [1.54, 1.807) is 11.2 Å². The Bertz CT molecular complexity index is 727. The first kappa shape index (κ1) is 14.9. The van der Waals surface area contributed by atoms with E-state index in [-0.39, 0.29) is 0 Å². The van der Waals surface area contributed by atoms with Gasteiger partial charge in [-0.1, -0.05) is 18.2 Å². The first-order chi connectivity index (χ1) is 11.8. The fraction of sp³-hybridized carbons (Fsp3) is 0.389. The van der Waals surface area contributed by atoms with Crippen LogP contribution in [0.2, 0.25) is 0 Å². The molecule has 1 fully saturated rings. The second-order valence-corrected chi connectivity index (χ2v) is 6.25. The summed E-state index contributed by atoms with van der Waals surface area (Å²) in [6, 6.07) is 10.6. The number of carbonyl (C=O) groups is 1. The summed E-state index contributed by atoms with van der Waals surface area (Å²) in [5, 5.41) is 0. The van der Waals surface area contributed by atoms with E-state index in [0.717, 1.165) is 63.6 Å². The molecule has 2 aliphatic heterocycles. The number of piperazine rings is 1. The molecule has 2 aromatic rings. The van der Waals surface area contributed by atoms with Crippen LogP contribution >= 0.6 is 0 Å². The Kier molecular flexibility index (Phi) is 4.02. The van der Waals surface area contributed by atoms with Gasteiger partial charge < -0.3 is 14.7 Å². The average Bonchev–Trinajstić information content (AvgIpc) is 2.68. The van der Waals surface area contributed by atoms with Gasteiger partial charge in [-0.05, 0) is 24.5 Å². The molecule has 0 N–H and O–H groups in total. The summed E-state index contributed by atoms with van der Waals surface area (Å²) in [4.78, 5) is 26.1. The number of benzene rings is 1. The van der Waals surface area contributed by atoms with E-state index in [2.05, 4.69) is 50.1 Å². The lowest BCUT2D eigenvalue weighted by Crippen LogP contribution is -2.46. The molecule has 1 amide bonds. The van der Waals surface area contributed by atoms with Crippen molar-refractivity contribution in [2.75, 3.05) is 42.5 Å². The van der Waals surface area contributed by atoms with Crippen LogP contribution in [0.5, 0.6) is 0 Å². The van der Waals surface area contributed by atoms with Gasteiger partial charge in [0, 0.05) is 44.5 Å². The van der Waals surface area contributed by atoms with Crippen molar-refractivity contribution in [1.82, 2.24) is 14.9 Å². The number of hydrogen-bond donors (Lipinski definition) is 0. The molecule has 1 saturated heterocycles. The van der Waals surface area contributed by atoms with Crippen molar-refractivity contribution in [1.29, 1.82) is 0 Å². The molecule has 0 aliphatic carbocycles. The van der Waals surface area contributed by atoms with E-state index in [9.17, 15) is 4.79 Å². The molecule has 1 aromatic carbocycles. The van der Waals surface area contributed by atoms with Gasteiger partial charge in [0.05, 0.1) is 0 Å². The van der Waals surface area contributed by atoms with E-state index in [4.69, 9.17) is 0 Å². The third-order valence-corrected chi connectivity index (χ3v) is 4.81. The van der Waals surface area contributed by atoms with Gasteiger partial charge in [0.2, 0.25) is 6.41 Å². The highest BCUT2D eigenvalue weighted by atomic mass is 16.1. The fourth-order valence-electron chi connectivity index (χ4n) is 3.49. The Hall–Kier alpha value is -2.63. The minimum atomic E-state index is 0.745. The van der Waals surface area contributed by atoms with E-state index >= 15 is 0 Å². The number of rotatable bonds is 3. The maximum atomic E-state index is 10.9. The topological polar surface area (TPSA) is 52.6 Å². The lowest BCUT2D eigenvalue weighted by atomic mass is 10.0. The van der Waals surface area contributed by atoms with Gasteiger partial charge in [-0.25, -0.2) is 9.97 Å². The fourth-order valence-corrected chi connectivity index (χ4v) is 3.49. The molecule has 6 nitrogen and oxygen atoms in total. The number of amides is 1.